The van der Waals surface area contributed by atoms with E-state index < -0.39 is 17.9 Å². The summed E-state index contributed by atoms with van der Waals surface area (Å²) in [5, 5.41) is 5.59. The van der Waals surface area contributed by atoms with Crippen LogP contribution in [-0.4, -0.2) is 59.6 Å². The average Bonchev–Trinajstić information content (AvgIpc) is 2.81. The fourth-order valence-corrected chi connectivity index (χ4v) is 4.47. The molecule has 9 heteroatoms. The Morgan fingerprint density at radius 1 is 1.21 bits per heavy atom. The summed E-state index contributed by atoms with van der Waals surface area (Å²) in [4.78, 5) is 39.7. The number of piperazine rings is 1. The van der Waals surface area contributed by atoms with Gasteiger partial charge in [-0.25, -0.2) is 0 Å². The molecule has 3 rings (SSSR count). The molecule has 2 fully saturated rings. The van der Waals surface area contributed by atoms with Crippen molar-refractivity contribution < 1.29 is 23.9 Å². The smallest absolute Gasteiger partial charge is 0.308 e. The first-order chi connectivity index (χ1) is 16.3. The first kappa shape index (κ1) is 25.9. The van der Waals surface area contributed by atoms with E-state index in [9.17, 15) is 14.4 Å². The van der Waals surface area contributed by atoms with Gasteiger partial charge in [-0.3, -0.25) is 19.7 Å². The quantitative estimate of drug-likeness (QED) is 0.428. The predicted octanol–water partition coefficient (Wildman–Crippen LogP) is 3.19. The maximum absolute atomic E-state index is 13.0. The van der Waals surface area contributed by atoms with E-state index in [1.54, 1.807) is 23.1 Å². The number of nitrogens with zero attached hydrogens (tertiary/aromatic N) is 1. The van der Waals surface area contributed by atoms with Gasteiger partial charge in [-0.2, -0.15) is 0 Å². The number of amides is 2. The second-order valence-corrected chi connectivity index (χ2v) is 9.63. The third kappa shape index (κ3) is 7.41. The van der Waals surface area contributed by atoms with E-state index in [0.717, 1.165) is 38.5 Å². The average molecular weight is 490 g/mol. The third-order valence-corrected chi connectivity index (χ3v) is 6.44. The summed E-state index contributed by atoms with van der Waals surface area (Å²) >= 11 is 5.48. The van der Waals surface area contributed by atoms with Gasteiger partial charge in [0.25, 0.3) is 5.91 Å². The monoisotopic (exact) mass is 489 g/mol. The Bertz CT molecular complexity index is 885. The lowest BCUT2D eigenvalue weighted by Crippen LogP contribution is -2.60. The van der Waals surface area contributed by atoms with E-state index in [0.29, 0.717) is 36.9 Å². The molecule has 0 radical (unpaired) electrons. The highest BCUT2D eigenvalue weighted by molar-refractivity contribution is 7.80. The molecule has 1 heterocycles. The number of hydrogen-bond donors (Lipinski definition) is 2. The molecule has 1 saturated heterocycles. The molecular weight excluding hydrogens is 454 g/mol. The molecule has 1 atom stereocenters. The third-order valence-electron chi connectivity index (χ3n) is 6.11. The number of nitrogens with one attached hydrogen (secondary N) is 2. The molecule has 8 nitrogen and oxygen atoms in total. The minimum atomic E-state index is -0.824. The standard InChI is InChI=1S/C25H35N3O5S/c1-17(2)12-15-32-21-11-7-6-10-19(21)23(30)27-25(34)28-14-13-26-24(31)20(28)16-22(29)33-18-8-4-3-5-9-18/h6-7,10-11,17-18,20H,3-5,8-9,12-16H2,1-2H3,(H,26,31)(H,27,30,34). The van der Waals surface area contributed by atoms with Gasteiger partial charge in [0, 0.05) is 13.1 Å². The Hall–Kier alpha value is -2.68. The van der Waals surface area contributed by atoms with Gasteiger partial charge < -0.3 is 19.7 Å². The number of para-hydroxylation sites is 1. The number of thiocarbonyl (C=S) groups is 1. The fourth-order valence-electron chi connectivity index (χ4n) is 4.16. The molecule has 0 bridgehead atoms. The minimum Gasteiger partial charge on any atom is -0.493 e. The molecule has 2 amide bonds. The molecular formula is C25H35N3O5S. The van der Waals surface area contributed by atoms with Gasteiger partial charge in [0.05, 0.1) is 18.6 Å². The Balaban J connectivity index is 1.62. The highest BCUT2D eigenvalue weighted by Crippen LogP contribution is 2.22. The zero-order valence-electron chi connectivity index (χ0n) is 20.0. The number of rotatable bonds is 8. The summed E-state index contributed by atoms with van der Waals surface area (Å²) in [6, 6.07) is 6.16. The number of carbonyl (C=O) groups excluding carboxylic acids is 3. The van der Waals surface area contributed by atoms with Crippen molar-refractivity contribution in [3.8, 4) is 5.75 Å². The van der Waals surface area contributed by atoms with Crippen LogP contribution < -0.4 is 15.4 Å². The SMILES string of the molecule is CC(C)CCOc1ccccc1C(=O)NC(=S)N1CCNC(=O)C1CC(=O)OC1CCCCC1. The van der Waals surface area contributed by atoms with Crippen molar-refractivity contribution in [1.82, 2.24) is 15.5 Å². The van der Waals surface area contributed by atoms with Crippen LogP contribution >= 0.6 is 12.2 Å². The van der Waals surface area contributed by atoms with Crippen LogP contribution in [0.3, 0.4) is 0 Å². The lowest BCUT2D eigenvalue weighted by Gasteiger charge is -2.36. The molecule has 1 aliphatic carbocycles. The van der Waals surface area contributed by atoms with Crippen molar-refractivity contribution in [2.45, 2.75) is 70.9 Å². The van der Waals surface area contributed by atoms with E-state index in [1.807, 2.05) is 6.07 Å². The molecule has 1 saturated carbocycles. The molecule has 1 aromatic carbocycles. The van der Waals surface area contributed by atoms with Crippen molar-refractivity contribution in [3.63, 3.8) is 0 Å². The second-order valence-electron chi connectivity index (χ2n) is 9.24. The molecule has 0 spiro atoms. The van der Waals surface area contributed by atoms with Crippen LogP contribution in [0.15, 0.2) is 24.3 Å². The summed E-state index contributed by atoms with van der Waals surface area (Å²) in [5.41, 5.74) is 0.364. The van der Waals surface area contributed by atoms with Gasteiger partial charge in [0.15, 0.2) is 5.11 Å². The molecule has 186 valence electrons. The summed E-state index contributed by atoms with van der Waals surface area (Å²) in [7, 11) is 0. The lowest BCUT2D eigenvalue weighted by molar-refractivity contribution is -0.153. The Labute approximate surface area is 206 Å². The van der Waals surface area contributed by atoms with E-state index >= 15 is 0 Å². The van der Waals surface area contributed by atoms with Crippen molar-refractivity contribution in [2.24, 2.45) is 5.92 Å². The van der Waals surface area contributed by atoms with E-state index in [-0.39, 0.29) is 23.5 Å². The predicted molar refractivity (Wildman–Crippen MR) is 133 cm³/mol. The number of ether oxygens (including phenoxy) is 2. The zero-order valence-corrected chi connectivity index (χ0v) is 20.8. The molecule has 1 aliphatic heterocycles. The van der Waals surface area contributed by atoms with Crippen LogP contribution in [0.5, 0.6) is 5.75 Å². The van der Waals surface area contributed by atoms with Crippen LogP contribution in [0.1, 0.15) is 69.2 Å². The van der Waals surface area contributed by atoms with E-state index in [1.165, 1.54) is 0 Å². The Kier molecular flexibility index (Phi) is 9.68. The molecule has 2 aliphatic rings. The topological polar surface area (TPSA) is 97.0 Å². The van der Waals surface area contributed by atoms with Crippen LogP contribution in [-0.2, 0) is 14.3 Å². The van der Waals surface area contributed by atoms with Crippen molar-refractivity contribution in [3.05, 3.63) is 29.8 Å². The Morgan fingerprint density at radius 3 is 2.68 bits per heavy atom. The number of esters is 1. The number of hydrogen-bond acceptors (Lipinski definition) is 6. The highest BCUT2D eigenvalue weighted by Gasteiger charge is 2.35. The number of carbonyl (C=O) groups is 3. The lowest BCUT2D eigenvalue weighted by atomic mass is 9.98. The van der Waals surface area contributed by atoms with Gasteiger partial charge in [-0.05, 0) is 62.4 Å². The Morgan fingerprint density at radius 2 is 1.94 bits per heavy atom. The molecule has 1 aromatic rings. The zero-order chi connectivity index (χ0) is 24.5. The maximum atomic E-state index is 13.0. The summed E-state index contributed by atoms with van der Waals surface area (Å²) in [6.07, 6.45) is 5.65. The van der Waals surface area contributed by atoms with Gasteiger partial charge in [0.1, 0.15) is 17.9 Å². The van der Waals surface area contributed by atoms with Crippen LogP contribution in [0.25, 0.3) is 0 Å². The largest absolute Gasteiger partial charge is 0.493 e. The molecule has 0 aromatic heterocycles. The van der Waals surface area contributed by atoms with Crippen molar-refractivity contribution >= 4 is 35.1 Å². The summed E-state index contributed by atoms with van der Waals surface area (Å²) in [5.74, 6) is -0.175. The van der Waals surface area contributed by atoms with E-state index in [4.69, 9.17) is 21.7 Å². The van der Waals surface area contributed by atoms with Crippen LogP contribution in [0, 0.1) is 5.92 Å². The van der Waals surface area contributed by atoms with Crippen molar-refractivity contribution in [2.75, 3.05) is 19.7 Å². The first-order valence-corrected chi connectivity index (χ1v) is 12.6. The summed E-state index contributed by atoms with van der Waals surface area (Å²) < 4.78 is 11.4. The normalized spacial score (nSPS) is 18.9. The van der Waals surface area contributed by atoms with Gasteiger partial charge in [-0.1, -0.05) is 32.4 Å². The van der Waals surface area contributed by atoms with Crippen molar-refractivity contribution in [1.29, 1.82) is 0 Å². The molecule has 34 heavy (non-hydrogen) atoms. The van der Waals surface area contributed by atoms with Gasteiger partial charge in [0.2, 0.25) is 5.91 Å². The summed E-state index contributed by atoms with van der Waals surface area (Å²) in [6.45, 7) is 5.48. The van der Waals surface area contributed by atoms with Gasteiger partial charge >= 0.3 is 5.97 Å². The number of benzene rings is 1. The molecule has 2 N–H and O–H groups in total. The van der Waals surface area contributed by atoms with Gasteiger partial charge in [-0.15, -0.1) is 0 Å². The maximum Gasteiger partial charge on any atom is 0.308 e. The minimum absolute atomic E-state index is 0.0831. The van der Waals surface area contributed by atoms with Crippen LogP contribution in [0.2, 0.25) is 0 Å². The fraction of sp³-hybridized carbons (Fsp3) is 0.600. The first-order valence-electron chi connectivity index (χ1n) is 12.2. The molecule has 1 unspecified atom stereocenters. The second kappa shape index (κ2) is 12.7. The van der Waals surface area contributed by atoms with E-state index in [2.05, 4.69) is 24.5 Å². The van der Waals surface area contributed by atoms with Crippen LogP contribution in [0.4, 0.5) is 0 Å². The highest BCUT2D eigenvalue weighted by atomic mass is 32.1.